The number of hydrogen-bond donors (Lipinski definition) is 1. The molecule has 0 saturated carbocycles. The summed E-state index contributed by atoms with van der Waals surface area (Å²) in [4.78, 5) is 14.5. The van der Waals surface area contributed by atoms with Gasteiger partial charge in [-0.2, -0.15) is 0 Å². The first kappa shape index (κ1) is 17.5. The Hall–Kier alpha value is -2.37. The number of halogens is 2. The van der Waals surface area contributed by atoms with Gasteiger partial charge in [0, 0.05) is 31.0 Å². The van der Waals surface area contributed by atoms with E-state index in [4.69, 9.17) is 0 Å². The Labute approximate surface area is 146 Å². The van der Waals surface area contributed by atoms with Crippen LogP contribution in [0.3, 0.4) is 0 Å². The van der Waals surface area contributed by atoms with Crippen molar-refractivity contribution >= 4 is 6.03 Å². The second kappa shape index (κ2) is 7.25. The van der Waals surface area contributed by atoms with Crippen molar-refractivity contribution in [3.8, 4) is 0 Å². The molecule has 3 rings (SSSR count). The fourth-order valence-corrected chi connectivity index (χ4v) is 3.39. The number of aromatic nitrogens is 1. The molecule has 1 aromatic carbocycles. The minimum absolute atomic E-state index is 0.104. The number of amides is 2. The van der Waals surface area contributed by atoms with Crippen molar-refractivity contribution in [3.63, 3.8) is 0 Å². The highest BCUT2D eigenvalue weighted by Crippen LogP contribution is 2.33. The van der Waals surface area contributed by atoms with Crippen LogP contribution in [0.15, 0.2) is 36.5 Å². The van der Waals surface area contributed by atoms with Gasteiger partial charge < -0.3 is 14.8 Å². The number of nitrogens with zero attached hydrogens (tertiary/aromatic N) is 2. The molecular weight excluding hydrogens is 324 g/mol. The largest absolute Gasteiger partial charge is 0.348 e. The molecule has 0 aliphatic carbocycles. The highest BCUT2D eigenvalue weighted by atomic mass is 19.2. The zero-order valence-corrected chi connectivity index (χ0v) is 14.5. The maximum atomic E-state index is 13.8. The molecule has 4 nitrogen and oxygen atoms in total. The van der Waals surface area contributed by atoms with E-state index >= 15 is 0 Å². The van der Waals surface area contributed by atoms with E-state index in [1.165, 1.54) is 6.07 Å². The molecule has 1 atom stereocenters. The van der Waals surface area contributed by atoms with Crippen LogP contribution in [0.2, 0.25) is 0 Å². The summed E-state index contributed by atoms with van der Waals surface area (Å²) in [7, 11) is 0. The van der Waals surface area contributed by atoms with E-state index in [1.54, 1.807) is 11.0 Å². The molecule has 0 radical (unpaired) electrons. The smallest absolute Gasteiger partial charge is 0.318 e. The van der Waals surface area contributed by atoms with Gasteiger partial charge in [-0.05, 0) is 42.7 Å². The number of urea groups is 1. The van der Waals surface area contributed by atoms with Crippen LogP contribution in [-0.4, -0.2) is 28.1 Å². The molecular formula is C19H23F2N3O. The number of carbonyl (C=O) groups excluding carboxylic acids is 1. The number of rotatable bonds is 4. The van der Waals surface area contributed by atoms with E-state index in [2.05, 4.69) is 5.32 Å². The fraction of sp³-hybridized carbons (Fsp3) is 0.421. The number of benzene rings is 1. The average Bonchev–Trinajstić information content (AvgIpc) is 3.09. The monoisotopic (exact) mass is 347 g/mol. The average molecular weight is 347 g/mol. The summed E-state index contributed by atoms with van der Waals surface area (Å²) in [5, 5.41) is 3.04. The zero-order valence-electron chi connectivity index (χ0n) is 14.5. The Morgan fingerprint density at radius 1 is 1.20 bits per heavy atom. The minimum Gasteiger partial charge on any atom is -0.348 e. The van der Waals surface area contributed by atoms with Crippen LogP contribution in [0.25, 0.3) is 0 Å². The van der Waals surface area contributed by atoms with Crippen LogP contribution in [0.5, 0.6) is 0 Å². The fourth-order valence-electron chi connectivity index (χ4n) is 3.39. The minimum atomic E-state index is -0.901. The Bertz CT molecular complexity index is 755. The molecule has 1 N–H and O–H groups in total. The maximum Gasteiger partial charge on any atom is 0.318 e. The molecule has 134 valence electrons. The molecule has 0 bridgehead atoms. The maximum absolute atomic E-state index is 13.8. The van der Waals surface area contributed by atoms with Crippen molar-refractivity contribution in [3.05, 3.63) is 59.4 Å². The molecule has 0 saturated heterocycles. The summed E-state index contributed by atoms with van der Waals surface area (Å²) in [6.07, 6.45) is 3.64. The van der Waals surface area contributed by atoms with Crippen molar-refractivity contribution in [2.45, 2.75) is 45.3 Å². The number of nitrogens with one attached hydrogen (secondary N) is 1. The van der Waals surface area contributed by atoms with Crippen LogP contribution >= 0.6 is 0 Å². The first-order chi connectivity index (χ1) is 12.0. The summed E-state index contributed by atoms with van der Waals surface area (Å²) < 4.78 is 29.2. The molecule has 25 heavy (non-hydrogen) atoms. The Kier molecular flexibility index (Phi) is 5.06. The van der Waals surface area contributed by atoms with Gasteiger partial charge >= 0.3 is 6.03 Å². The zero-order chi connectivity index (χ0) is 18.0. The number of fused-ring (bicyclic) bond motifs is 1. The Morgan fingerprint density at radius 2 is 1.96 bits per heavy atom. The van der Waals surface area contributed by atoms with Crippen LogP contribution < -0.4 is 5.32 Å². The third-order valence-corrected chi connectivity index (χ3v) is 4.87. The lowest BCUT2D eigenvalue weighted by Crippen LogP contribution is -2.49. The second-order valence-corrected chi connectivity index (χ2v) is 6.36. The molecule has 0 fully saturated rings. The Balaban J connectivity index is 1.96. The van der Waals surface area contributed by atoms with Gasteiger partial charge in [0.15, 0.2) is 11.6 Å². The molecule has 2 heterocycles. The summed E-state index contributed by atoms with van der Waals surface area (Å²) in [5.41, 5.74) is 1.47. The predicted molar refractivity (Wildman–Crippen MR) is 92.2 cm³/mol. The summed E-state index contributed by atoms with van der Waals surface area (Å²) in [5.74, 6) is -1.79. The molecule has 1 aliphatic rings. The van der Waals surface area contributed by atoms with E-state index < -0.39 is 17.7 Å². The number of hydrogen-bond acceptors (Lipinski definition) is 1. The SMILES string of the molecule is CCC(CC)NC(=O)N1CCn2cccc2[C@H]1c1ccc(F)c(F)c1. The second-order valence-electron chi connectivity index (χ2n) is 6.36. The summed E-state index contributed by atoms with van der Waals surface area (Å²) in [6, 6.07) is 7.16. The molecule has 2 aromatic rings. The van der Waals surface area contributed by atoms with Crippen molar-refractivity contribution < 1.29 is 13.6 Å². The van der Waals surface area contributed by atoms with Crippen molar-refractivity contribution in [1.29, 1.82) is 0 Å². The van der Waals surface area contributed by atoms with Crippen LogP contribution in [0, 0.1) is 11.6 Å². The van der Waals surface area contributed by atoms with Gasteiger partial charge in [0.05, 0.1) is 6.04 Å². The third-order valence-electron chi connectivity index (χ3n) is 4.87. The first-order valence-electron chi connectivity index (χ1n) is 8.72. The van der Waals surface area contributed by atoms with E-state index in [0.29, 0.717) is 18.7 Å². The van der Waals surface area contributed by atoms with Gasteiger partial charge in [-0.25, -0.2) is 13.6 Å². The van der Waals surface area contributed by atoms with Crippen LogP contribution in [0.4, 0.5) is 13.6 Å². The lowest BCUT2D eigenvalue weighted by molar-refractivity contribution is 0.164. The van der Waals surface area contributed by atoms with Crippen molar-refractivity contribution in [2.24, 2.45) is 0 Å². The summed E-state index contributed by atoms with van der Waals surface area (Å²) >= 11 is 0. The first-order valence-corrected chi connectivity index (χ1v) is 8.72. The topological polar surface area (TPSA) is 37.3 Å². The normalized spacial score (nSPS) is 16.8. The predicted octanol–water partition coefficient (Wildman–Crippen LogP) is 4.07. The van der Waals surface area contributed by atoms with Gasteiger partial charge in [-0.3, -0.25) is 0 Å². The van der Waals surface area contributed by atoms with Gasteiger partial charge in [-0.1, -0.05) is 19.9 Å². The highest BCUT2D eigenvalue weighted by Gasteiger charge is 2.33. The van der Waals surface area contributed by atoms with Crippen LogP contribution in [0.1, 0.15) is 44.0 Å². The standard InChI is InChI=1S/C19H23F2N3O/c1-3-14(4-2)22-19(25)24-11-10-23-9-5-6-17(23)18(24)13-7-8-15(20)16(21)12-13/h5-9,12,14,18H,3-4,10-11H2,1-2H3,(H,22,25)/t18-/m1/s1. The highest BCUT2D eigenvalue weighted by molar-refractivity contribution is 5.76. The lowest BCUT2D eigenvalue weighted by Gasteiger charge is -2.38. The van der Waals surface area contributed by atoms with E-state index in [9.17, 15) is 13.6 Å². The lowest BCUT2D eigenvalue weighted by atomic mass is 10.00. The van der Waals surface area contributed by atoms with Crippen LogP contribution in [-0.2, 0) is 6.54 Å². The molecule has 2 amide bonds. The van der Waals surface area contributed by atoms with Crippen molar-refractivity contribution in [2.75, 3.05) is 6.54 Å². The Morgan fingerprint density at radius 3 is 2.64 bits per heavy atom. The van der Waals surface area contributed by atoms with Crippen molar-refractivity contribution in [1.82, 2.24) is 14.8 Å². The third kappa shape index (κ3) is 3.38. The van der Waals surface area contributed by atoms with Gasteiger partial charge in [-0.15, -0.1) is 0 Å². The molecule has 0 spiro atoms. The van der Waals surface area contributed by atoms with Gasteiger partial charge in [0.25, 0.3) is 0 Å². The van der Waals surface area contributed by atoms with E-state index in [-0.39, 0.29) is 12.1 Å². The molecule has 1 aliphatic heterocycles. The molecule has 6 heteroatoms. The van der Waals surface area contributed by atoms with E-state index in [0.717, 1.165) is 24.6 Å². The van der Waals surface area contributed by atoms with Gasteiger partial charge in [0.2, 0.25) is 0 Å². The molecule has 1 aromatic heterocycles. The van der Waals surface area contributed by atoms with E-state index in [1.807, 2.05) is 36.7 Å². The molecule has 0 unspecified atom stereocenters. The van der Waals surface area contributed by atoms with Gasteiger partial charge in [0.1, 0.15) is 0 Å². The number of carbonyl (C=O) groups is 1. The quantitative estimate of drug-likeness (QED) is 0.889. The summed E-state index contributed by atoms with van der Waals surface area (Å²) in [6.45, 7) is 5.25.